The summed E-state index contributed by atoms with van der Waals surface area (Å²) >= 11 is 7.87. The molecule has 0 radical (unpaired) electrons. The van der Waals surface area contributed by atoms with Crippen LogP contribution in [0, 0.1) is 10.8 Å². The molecule has 0 aliphatic rings. The van der Waals surface area contributed by atoms with Crippen LogP contribution in [0.1, 0.15) is 12.8 Å². The van der Waals surface area contributed by atoms with E-state index in [0.29, 0.717) is 11.5 Å². The van der Waals surface area contributed by atoms with Gasteiger partial charge in [-0.15, -0.1) is 0 Å². The van der Waals surface area contributed by atoms with Crippen molar-refractivity contribution >= 4 is 37.2 Å². The number of aliphatic hydroxyl groups is 4. The van der Waals surface area contributed by atoms with Gasteiger partial charge in [0.1, 0.15) is 13.2 Å². The normalized spacial score (nSPS) is 12.1. The predicted octanol–water partition coefficient (Wildman–Crippen LogP) is -1.33. The average Bonchev–Trinajstić information content (AvgIpc) is 2.68. The van der Waals surface area contributed by atoms with Crippen LogP contribution in [0.15, 0.2) is 0 Å². The van der Waals surface area contributed by atoms with Gasteiger partial charge >= 0.3 is 11.9 Å². The third-order valence-corrected chi connectivity index (χ3v) is 4.32. The van der Waals surface area contributed by atoms with Crippen molar-refractivity contribution in [3.05, 3.63) is 0 Å². The van der Waals surface area contributed by atoms with E-state index in [1.807, 2.05) is 0 Å². The number of hydrogen-bond donors (Lipinski definition) is 6. The number of esters is 2. The molecular formula is C16H30O9S2. The van der Waals surface area contributed by atoms with Gasteiger partial charge in [-0.2, -0.15) is 25.3 Å². The van der Waals surface area contributed by atoms with Gasteiger partial charge in [0.15, 0.2) is 0 Å². The highest BCUT2D eigenvalue weighted by Gasteiger charge is 2.36. The Balaban J connectivity index is 5.00. The van der Waals surface area contributed by atoms with Crippen molar-refractivity contribution in [3.63, 3.8) is 0 Å². The highest BCUT2D eigenvalue weighted by Crippen LogP contribution is 2.22. The van der Waals surface area contributed by atoms with Gasteiger partial charge in [0.2, 0.25) is 0 Å². The second-order valence-electron chi connectivity index (χ2n) is 6.39. The quantitative estimate of drug-likeness (QED) is 0.130. The van der Waals surface area contributed by atoms with Crippen molar-refractivity contribution in [2.45, 2.75) is 12.8 Å². The molecule has 0 amide bonds. The second-order valence-corrected chi connectivity index (χ2v) is 7.29. The largest absolute Gasteiger partial charge is 0.465 e. The Morgan fingerprint density at radius 3 is 1.37 bits per heavy atom. The lowest BCUT2D eigenvalue weighted by Crippen LogP contribution is -2.45. The smallest absolute Gasteiger partial charge is 0.306 e. The van der Waals surface area contributed by atoms with Crippen LogP contribution >= 0.6 is 25.3 Å². The van der Waals surface area contributed by atoms with Gasteiger partial charge in [-0.05, 0) is 0 Å². The summed E-state index contributed by atoms with van der Waals surface area (Å²) < 4.78 is 15.7. The van der Waals surface area contributed by atoms with Gasteiger partial charge < -0.3 is 34.6 Å². The molecule has 27 heavy (non-hydrogen) atoms. The molecule has 4 N–H and O–H groups in total. The maximum Gasteiger partial charge on any atom is 0.306 e. The molecule has 11 heteroatoms. The van der Waals surface area contributed by atoms with Crippen LogP contribution in [-0.4, -0.2) is 96.7 Å². The molecule has 0 fully saturated rings. The average molecular weight is 431 g/mol. The fraction of sp³-hybridized carbons (Fsp3) is 0.875. The minimum Gasteiger partial charge on any atom is -0.465 e. The van der Waals surface area contributed by atoms with E-state index in [1.54, 1.807) is 0 Å². The third-order valence-electron chi connectivity index (χ3n) is 3.87. The maximum atomic E-state index is 11.6. The molecule has 0 bridgehead atoms. The zero-order valence-electron chi connectivity index (χ0n) is 15.2. The summed E-state index contributed by atoms with van der Waals surface area (Å²) in [5.41, 5.74) is -2.49. The van der Waals surface area contributed by atoms with Crippen LogP contribution in [0.25, 0.3) is 0 Å². The molecular weight excluding hydrogens is 400 g/mol. The van der Waals surface area contributed by atoms with Crippen molar-refractivity contribution < 1.29 is 44.2 Å². The summed E-state index contributed by atoms with van der Waals surface area (Å²) in [5.74, 6) is -0.464. The number of ether oxygens (including phenoxy) is 3. The highest BCUT2D eigenvalue weighted by atomic mass is 32.1. The molecule has 0 aliphatic carbocycles. The molecule has 0 aromatic heterocycles. The second kappa shape index (κ2) is 14.4. The Kier molecular flexibility index (Phi) is 14.1. The predicted molar refractivity (Wildman–Crippen MR) is 103 cm³/mol. The third kappa shape index (κ3) is 9.97. The number of thiol groups is 2. The zero-order valence-corrected chi connectivity index (χ0v) is 17.0. The van der Waals surface area contributed by atoms with Crippen molar-refractivity contribution in [1.29, 1.82) is 0 Å². The summed E-state index contributed by atoms with van der Waals surface area (Å²) in [6, 6.07) is 0. The standard InChI is InChI=1S/C16H30O9S2/c17-5-15(6-18,7-19)9-23-10-16(8-20,11-24-13(21)1-3-26)12-25-14(22)2-4-27/h17-20,26-27H,1-12H2. The summed E-state index contributed by atoms with van der Waals surface area (Å²) in [6.45, 7) is -3.01. The van der Waals surface area contributed by atoms with Gasteiger partial charge in [0.05, 0.1) is 63.3 Å². The van der Waals surface area contributed by atoms with Gasteiger partial charge in [0.25, 0.3) is 0 Å². The molecule has 0 rings (SSSR count). The summed E-state index contributed by atoms with van der Waals surface area (Å²) in [6.07, 6.45) is 0.154. The molecule has 160 valence electrons. The van der Waals surface area contributed by atoms with E-state index in [4.69, 9.17) is 14.2 Å². The van der Waals surface area contributed by atoms with Crippen molar-refractivity contribution in [1.82, 2.24) is 0 Å². The fourth-order valence-electron chi connectivity index (χ4n) is 1.83. The fourth-order valence-corrected chi connectivity index (χ4v) is 2.19. The molecule has 0 aromatic carbocycles. The van der Waals surface area contributed by atoms with E-state index >= 15 is 0 Å². The number of hydrogen-bond acceptors (Lipinski definition) is 11. The van der Waals surface area contributed by atoms with Crippen LogP contribution in [-0.2, 0) is 23.8 Å². The van der Waals surface area contributed by atoms with Crippen LogP contribution in [0.5, 0.6) is 0 Å². The molecule has 0 saturated carbocycles. The lowest BCUT2D eigenvalue weighted by atomic mass is 9.90. The first-order valence-corrected chi connectivity index (χ1v) is 9.67. The monoisotopic (exact) mass is 430 g/mol. The number of carbonyl (C=O) groups excluding carboxylic acids is 2. The van der Waals surface area contributed by atoms with Gasteiger partial charge in [-0.1, -0.05) is 0 Å². The molecule has 0 saturated heterocycles. The minimum absolute atomic E-state index is 0.0770. The van der Waals surface area contributed by atoms with Crippen molar-refractivity contribution in [2.75, 3.05) is 64.4 Å². The highest BCUT2D eigenvalue weighted by molar-refractivity contribution is 7.80. The van der Waals surface area contributed by atoms with Crippen LogP contribution in [0.3, 0.4) is 0 Å². The Labute approximate surface area is 169 Å². The van der Waals surface area contributed by atoms with E-state index in [2.05, 4.69) is 25.3 Å². The summed E-state index contributed by atoms with van der Waals surface area (Å²) in [4.78, 5) is 23.2. The van der Waals surface area contributed by atoms with Gasteiger partial charge in [0, 0.05) is 11.5 Å². The molecule has 0 unspecified atom stereocenters. The first-order valence-electron chi connectivity index (χ1n) is 8.40. The van der Waals surface area contributed by atoms with E-state index in [9.17, 15) is 30.0 Å². The molecule has 0 spiro atoms. The molecule has 0 atom stereocenters. The first kappa shape index (κ1) is 26.4. The maximum absolute atomic E-state index is 11.6. The lowest BCUT2D eigenvalue weighted by Gasteiger charge is -2.33. The Morgan fingerprint density at radius 2 is 1.04 bits per heavy atom. The minimum atomic E-state index is -1.26. The van der Waals surface area contributed by atoms with E-state index in [0.717, 1.165) is 0 Å². The zero-order chi connectivity index (χ0) is 20.8. The SMILES string of the molecule is O=C(CCS)OCC(CO)(COCC(CO)(CO)CO)COC(=O)CCS. The summed E-state index contributed by atoms with van der Waals surface area (Å²) in [7, 11) is 0. The van der Waals surface area contributed by atoms with E-state index in [-0.39, 0.29) is 39.3 Å². The Hall–Kier alpha value is -0.560. The van der Waals surface area contributed by atoms with E-state index < -0.39 is 49.2 Å². The van der Waals surface area contributed by atoms with Crippen molar-refractivity contribution in [3.8, 4) is 0 Å². The molecule has 0 aliphatic heterocycles. The topological polar surface area (TPSA) is 143 Å². The van der Waals surface area contributed by atoms with Crippen LogP contribution in [0.4, 0.5) is 0 Å². The number of rotatable bonds is 16. The number of aliphatic hydroxyl groups excluding tert-OH is 4. The first-order chi connectivity index (χ1) is 12.9. The molecule has 9 nitrogen and oxygen atoms in total. The van der Waals surface area contributed by atoms with Crippen LogP contribution in [0.2, 0.25) is 0 Å². The van der Waals surface area contributed by atoms with Gasteiger partial charge in [-0.3, -0.25) is 9.59 Å². The molecule has 0 heterocycles. The number of carbonyl (C=O) groups is 2. The Bertz CT molecular complexity index is 400. The van der Waals surface area contributed by atoms with E-state index in [1.165, 1.54) is 0 Å². The molecule has 0 aromatic rings. The van der Waals surface area contributed by atoms with Crippen molar-refractivity contribution in [2.24, 2.45) is 10.8 Å². The Morgan fingerprint density at radius 1 is 0.667 bits per heavy atom. The summed E-state index contributed by atoms with van der Waals surface area (Å²) in [5, 5.41) is 37.8. The van der Waals surface area contributed by atoms with Gasteiger partial charge in [-0.25, -0.2) is 0 Å². The van der Waals surface area contributed by atoms with Crippen LogP contribution < -0.4 is 0 Å². The lowest BCUT2D eigenvalue weighted by molar-refractivity contribution is -0.162.